The van der Waals surface area contributed by atoms with Crippen molar-refractivity contribution in [2.45, 2.75) is 52.2 Å². The van der Waals surface area contributed by atoms with Gasteiger partial charge in [0.1, 0.15) is 0 Å². The van der Waals surface area contributed by atoms with E-state index >= 15 is 0 Å². The third kappa shape index (κ3) is 5.94. The molecule has 1 aromatic rings. The molecule has 2 aliphatic rings. The molecule has 2 aliphatic heterocycles. The molecule has 5 nitrogen and oxygen atoms in total. The number of aryl methyl sites for hydroxylation is 1. The first kappa shape index (κ1) is 20.2. The van der Waals surface area contributed by atoms with Gasteiger partial charge in [-0.2, -0.15) is 0 Å². The van der Waals surface area contributed by atoms with Gasteiger partial charge < -0.3 is 19.9 Å². The lowest BCUT2D eigenvalue weighted by molar-refractivity contribution is 0.0789. The Morgan fingerprint density at radius 3 is 2.70 bits per heavy atom. The van der Waals surface area contributed by atoms with Crippen LogP contribution >= 0.6 is 0 Å². The maximum absolute atomic E-state index is 13.0. The molecule has 27 heavy (non-hydrogen) atoms. The lowest BCUT2D eigenvalue weighted by Gasteiger charge is -2.32. The summed E-state index contributed by atoms with van der Waals surface area (Å²) in [6.45, 7) is 10.7. The van der Waals surface area contributed by atoms with Crippen LogP contribution in [0.3, 0.4) is 0 Å². The fourth-order valence-corrected chi connectivity index (χ4v) is 4.10. The Labute approximate surface area is 164 Å². The Morgan fingerprint density at radius 1 is 1.26 bits per heavy atom. The van der Waals surface area contributed by atoms with Gasteiger partial charge in [-0.05, 0) is 69.3 Å². The highest BCUT2D eigenvalue weighted by Gasteiger charge is 2.24. The van der Waals surface area contributed by atoms with Crippen LogP contribution in [0.4, 0.5) is 4.79 Å². The second-order valence-electron chi connectivity index (χ2n) is 8.01. The summed E-state index contributed by atoms with van der Waals surface area (Å²) in [6, 6.07) is 8.37. The molecule has 0 spiro atoms. The van der Waals surface area contributed by atoms with Gasteiger partial charge in [-0.25, -0.2) is 4.79 Å². The van der Waals surface area contributed by atoms with Crippen molar-refractivity contribution in [3.8, 4) is 0 Å². The Bertz CT molecular complexity index is 593. The van der Waals surface area contributed by atoms with Crippen molar-refractivity contribution >= 4 is 6.03 Å². The molecule has 2 saturated heterocycles. The molecule has 1 aromatic carbocycles. The number of likely N-dealkylation sites (tertiary alicyclic amines) is 1. The zero-order chi connectivity index (χ0) is 19.1. The lowest BCUT2D eigenvalue weighted by atomic mass is 9.97. The lowest BCUT2D eigenvalue weighted by Crippen LogP contribution is -2.46. The first-order valence-corrected chi connectivity index (χ1v) is 10.6. The highest BCUT2D eigenvalue weighted by molar-refractivity contribution is 5.74. The number of piperidine rings is 1. The summed E-state index contributed by atoms with van der Waals surface area (Å²) in [5, 5.41) is 3.21. The quantitative estimate of drug-likeness (QED) is 0.796. The maximum atomic E-state index is 13.0. The number of hydrogen-bond donors (Lipinski definition) is 1. The predicted molar refractivity (Wildman–Crippen MR) is 109 cm³/mol. The van der Waals surface area contributed by atoms with Crippen LogP contribution in [0.1, 0.15) is 43.7 Å². The summed E-state index contributed by atoms with van der Waals surface area (Å²) in [6.07, 6.45) is 4.68. The van der Waals surface area contributed by atoms with Crippen LogP contribution < -0.4 is 5.32 Å². The third-order valence-corrected chi connectivity index (χ3v) is 6.05. The molecular weight excluding hydrogens is 338 g/mol. The SMILES string of the molecule is CCN1CCC(CNC(=O)N(Cc2ccccc2C)C[C@H]2CCCO2)CC1. The average molecular weight is 374 g/mol. The number of carbonyl (C=O) groups is 1. The minimum Gasteiger partial charge on any atom is -0.376 e. The maximum Gasteiger partial charge on any atom is 0.317 e. The number of rotatable bonds is 7. The van der Waals surface area contributed by atoms with Crippen molar-refractivity contribution in [1.82, 2.24) is 15.1 Å². The molecule has 1 N–H and O–H groups in total. The molecule has 150 valence electrons. The van der Waals surface area contributed by atoms with E-state index < -0.39 is 0 Å². The molecule has 3 rings (SSSR count). The fourth-order valence-electron chi connectivity index (χ4n) is 4.10. The second-order valence-corrected chi connectivity index (χ2v) is 8.01. The van der Waals surface area contributed by atoms with Crippen LogP contribution in [-0.2, 0) is 11.3 Å². The van der Waals surface area contributed by atoms with E-state index in [-0.39, 0.29) is 12.1 Å². The normalized spacial score (nSPS) is 21.3. The standard InChI is InChI=1S/C22H35N3O2/c1-3-24-12-10-19(11-13-24)15-23-22(26)25(17-21-9-6-14-27-21)16-20-8-5-4-7-18(20)2/h4-5,7-8,19,21H,3,6,9-17H2,1-2H3,(H,23,26)/t21-/m1/s1. The minimum absolute atomic E-state index is 0.0478. The van der Waals surface area contributed by atoms with Gasteiger partial charge in [-0.15, -0.1) is 0 Å². The van der Waals surface area contributed by atoms with Crippen molar-refractivity contribution in [2.75, 3.05) is 39.3 Å². The summed E-state index contributed by atoms with van der Waals surface area (Å²) in [4.78, 5) is 17.4. The van der Waals surface area contributed by atoms with Crippen LogP contribution in [0, 0.1) is 12.8 Å². The van der Waals surface area contributed by atoms with E-state index in [1.54, 1.807) is 0 Å². The fraction of sp³-hybridized carbons (Fsp3) is 0.682. The van der Waals surface area contributed by atoms with Gasteiger partial charge in [0.05, 0.1) is 6.10 Å². The molecular formula is C22H35N3O2. The Balaban J connectivity index is 1.55. The molecule has 2 fully saturated rings. The molecule has 0 unspecified atom stereocenters. The number of nitrogens with zero attached hydrogens (tertiary/aromatic N) is 2. The molecule has 0 radical (unpaired) electrons. The van der Waals surface area contributed by atoms with E-state index in [4.69, 9.17) is 4.74 Å². The molecule has 1 atom stereocenters. The smallest absolute Gasteiger partial charge is 0.317 e. The largest absolute Gasteiger partial charge is 0.376 e. The van der Waals surface area contributed by atoms with Crippen molar-refractivity contribution in [3.05, 3.63) is 35.4 Å². The number of urea groups is 1. The van der Waals surface area contributed by atoms with E-state index in [0.717, 1.165) is 45.6 Å². The molecule has 0 aliphatic carbocycles. The topological polar surface area (TPSA) is 44.8 Å². The van der Waals surface area contributed by atoms with E-state index in [2.05, 4.69) is 36.2 Å². The van der Waals surface area contributed by atoms with Gasteiger partial charge in [-0.3, -0.25) is 0 Å². The summed E-state index contributed by atoms with van der Waals surface area (Å²) in [5.74, 6) is 0.597. The van der Waals surface area contributed by atoms with Crippen LogP contribution in [0.15, 0.2) is 24.3 Å². The molecule has 0 bridgehead atoms. The summed E-state index contributed by atoms with van der Waals surface area (Å²) in [5.41, 5.74) is 2.44. The molecule has 0 saturated carbocycles. The minimum atomic E-state index is 0.0478. The third-order valence-electron chi connectivity index (χ3n) is 6.05. The van der Waals surface area contributed by atoms with Crippen molar-refractivity contribution in [2.24, 2.45) is 5.92 Å². The Kier molecular flexibility index (Phi) is 7.53. The van der Waals surface area contributed by atoms with Crippen molar-refractivity contribution in [1.29, 1.82) is 0 Å². The summed E-state index contributed by atoms with van der Waals surface area (Å²) >= 11 is 0. The van der Waals surface area contributed by atoms with E-state index in [1.807, 2.05) is 17.0 Å². The second kappa shape index (κ2) is 10.1. The number of nitrogens with one attached hydrogen (secondary N) is 1. The first-order valence-electron chi connectivity index (χ1n) is 10.6. The molecule has 2 heterocycles. The van der Waals surface area contributed by atoms with E-state index in [1.165, 1.54) is 24.0 Å². The van der Waals surface area contributed by atoms with Gasteiger partial charge in [0.2, 0.25) is 0 Å². The molecule has 0 aromatic heterocycles. The van der Waals surface area contributed by atoms with Gasteiger partial charge in [0.15, 0.2) is 0 Å². The summed E-state index contributed by atoms with van der Waals surface area (Å²) in [7, 11) is 0. The molecule has 2 amide bonds. The predicted octanol–water partition coefficient (Wildman–Crippen LogP) is 3.42. The Hall–Kier alpha value is -1.59. The molecule has 5 heteroatoms. The van der Waals surface area contributed by atoms with Crippen LogP contribution in [0.2, 0.25) is 0 Å². The zero-order valence-corrected chi connectivity index (χ0v) is 17.0. The number of hydrogen-bond acceptors (Lipinski definition) is 3. The van der Waals surface area contributed by atoms with Gasteiger partial charge >= 0.3 is 6.03 Å². The van der Waals surface area contributed by atoms with Crippen LogP contribution in [0.5, 0.6) is 0 Å². The highest BCUT2D eigenvalue weighted by Crippen LogP contribution is 2.18. The number of benzene rings is 1. The van der Waals surface area contributed by atoms with E-state index in [9.17, 15) is 4.79 Å². The van der Waals surface area contributed by atoms with Crippen LogP contribution in [0.25, 0.3) is 0 Å². The first-order chi connectivity index (χ1) is 13.2. The number of carbonyl (C=O) groups excluding carboxylic acids is 1. The average Bonchev–Trinajstić information content (AvgIpc) is 3.21. The zero-order valence-electron chi connectivity index (χ0n) is 17.0. The van der Waals surface area contributed by atoms with Crippen molar-refractivity contribution < 1.29 is 9.53 Å². The summed E-state index contributed by atoms with van der Waals surface area (Å²) < 4.78 is 5.79. The monoisotopic (exact) mass is 373 g/mol. The van der Waals surface area contributed by atoms with Crippen LogP contribution in [-0.4, -0.2) is 61.3 Å². The van der Waals surface area contributed by atoms with Crippen molar-refractivity contribution in [3.63, 3.8) is 0 Å². The Morgan fingerprint density at radius 2 is 2.04 bits per heavy atom. The number of amides is 2. The number of ether oxygens (including phenoxy) is 1. The van der Waals surface area contributed by atoms with E-state index in [0.29, 0.717) is 19.0 Å². The highest BCUT2D eigenvalue weighted by atomic mass is 16.5. The van der Waals surface area contributed by atoms with Gasteiger partial charge in [0, 0.05) is 26.2 Å². The van der Waals surface area contributed by atoms with Gasteiger partial charge in [-0.1, -0.05) is 31.2 Å². The van der Waals surface area contributed by atoms with Gasteiger partial charge in [0.25, 0.3) is 0 Å².